The topological polar surface area (TPSA) is 67.9 Å². The summed E-state index contributed by atoms with van der Waals surface area (Å²) < 4.78 is 4.79. The molecule has 1 atom stereocenters. The Bertz CT molecular complexity index is 577. The summed E-state index contributed by atoms with van der Waals surface area (Å²) in [6.45, 7) is 0. The second kappa shape index (κ2) is 6.27. The number of aromatic amines is 1. The first kappa shape index (κ1) is 14.2. The third-order valence-corrected chi connectivity index (χ3v) is 4.14. The van der Waals surface area contributed by atoms with Gasteiger partial charge in [0, 0.05) is 0 Å². The van der Waals surface area contributed by atoms with E-state index in [0.717, 1.165) is 0 Å². The lowest BCUT2D eigenvalue weighted by atomic mass is 10.1. The van der Waals surface area contributed by atoms with Crippen molar-refractivity contribution in [2.24, 2.45) is 0 Å². The van der Waals surface area contributed by atoms with Gasteiger partial charge in [-0.3, -0.25) is 9.89 Å². The van der Waals surface area contributed by atoms with Crippen molar-refractivity contribution in [1.82, 2.24) is 15.2 Å². The minimum atomic E-state index is -0.590. The maximum atomic E-state index is 11.9. The molecule has 0 aliphatic rings. The first-order chi connectivity index (χ1) is 9.11. The molecule has 1 aromatic carbocycles. The van der Waals surface area contributed by atoms with Crippen molar-refractivity contribution in [3.05, 3.63) is 40.1 Å². The van der Waals surface area contributed by atoms with Crippen LogP contribution in [0, 0.1) is 0 Å². The molecule has 0 radical (unpaired) electrons. The number of ether oxygens (including phenoxy) is 1. The molecule has 1 heterocycles. The van der Waals surface area contributed by atoms with Crippen molar-refractivity contribution in [2.75, 3.05) is 7.11 Å². The number of hydrogen-bond donors (Lipinski definition) is 1. The maximum absolute atomic E-state index is 11.9. The Morgan fingerprint density at radius 2 is 2.21 bits per heavy atom. The van der Waals surface area contributed by atoms with Crippen LogP contribution in [0.3, 0.4) is 0 Å². The summed E-state index contributed by atoms with van der Waals surface area (Å²) in [6, 6.07) is 4.99. The van der Waals surface area contributed by atoms with Crippen LogP contribution in [0.2, 0.25) is 10.0 Å². The van der Waals surface area contributed by atoms with Crippen molar-refractivity contribution in [3.63, 3.8) is 0 Å². The second-order valence-electron chi connectivity index (χ2n) is 3.49. The zero-order chi connectivity index (χ0) is 13.8. The Labute approximate surface area is 123 Å². The van der Waals surface area contributed by atoms with E-state index in [1.807, 2.05) is 0 Å². The number of methoxy groups -OCH3 is 1. The Hall–Kier alpha value is -1.24. The number of aromatic nitrogens is 3. The first-order valence-electron chi connectivity index (χ1n) is 5.16. The highest BCUT2D eigenvalue weighted by Gasteiger charge is 2.24. The van der Waals surface area contributed by atoms with E-state index in [1.165, 1.54) is 25.2 Å². The molecule has 5 nitrogen and oxygen atoms in total. The molecule has 2 aromatic rings. The van der Waals surface area contributed by atoms with E-state index in [9.17, 15) is 4.79 Å². The number of nitrogens with one attached hydrogen (secondary N) is 1. The third-order valence-electron chi connectivity index (χ3n) is 2.28. The zero-order valence-electron chi connectivity index (χ0n) is 9.76. The molecule has 0 bridgehead atoms. The fourth-order valence-electron chi connectivity index (χ4n) is 1.40. The summed E-state index contributed by atoms with van der Waals surface area (Å²) in [4.78, 5) is 15.8. The fourth-order valence-corrected chi connectivity index (χ4v) is 2.62. The van der Waals surface area contributed by atoms with Gasteiger partial charge in [0.15, 0.2) is 5.16 Å². The van der Waals surface area contributed by atoms with E-state index in [2.05, 4.69) is 15.2 Å². The molecule has 0 amide bonds. The zero-order valence-corrected chi connectivity index (χ0v) is 12.1. The smallest absolute Gasteiger partial charge is 0.323 e. The Morgan fingerprint density at radius 3 is 2.79 bits per heavy atom. The van der Waals surface area contributed by atoms with Crippen LogP contribution >= 0.6 is 35.0 Å². The van der Waals surface area contributed by atoms with E-state index in [0.29, 0.717) is 20.8 Å². The molecule has 0 saturated heterocycles. The molecule has 0 aliphatic carbocycles. The number of nitrogens with zero attached hydrogens (tertiary/aromatic N) is 2. The summed E-state index contributed by atoms with van der Waals surface area (Å²) in [7, 11) is 1.33. The van der Waals surface area contributed by atoms with Gasteiger partial charge in [-0.2, -0.15) is 5.10 Å². The number of thioether (sulfide) groups is 1. The molecule has 0 saturated carbocycles. The molecule has 0 spiro atoms. The van der Waals surface area contributed by atoms with E-state index >= 15 is 0 Å². The van der Waals surface area contributed by atoms with Crippen LogP contribution in [0.15, 0.2) is 29.7 Å². The van der Waals surface area contributed by atoms with Gasteiger partial charge in [0.05, 0.1) is 17.2 Å². The Balaban J connectivity index is 2.31. The minimum absolute atomic E-state index is 0.381. The average molecular weight is 318 g/mol. The number of halogens is 2. The SMILES string of the molecule is COC(=O)[C@H](Sc1ncn[nH]1)c1ccc(Cl)c(Cl)c1. The molecule has 100 valence electrons. The van der Waals surface area contributed by atoms with Crippen molar-refractivity contribution < 1.29 is 9.53 Å². The normalized spacial score (nSPS) is 12.2. The highest BCUT2D eigenvalue weighted by Crippen LogP contribution is 2.36. The highest BCUT2D eigenvalue weighted by atomic mass is 35.5. The molecule has 8 heteroatoms. The highest BCUT2D eigenvalue weighted by molar-refractivity contribution is 8.00. The number of carbonyl (C=O) groups is 1. The molecule has 0 aliphatic heterocycles. The predicted molar refractivity (Wildman–Crippen MR) is 73.5 cm³/mol. The van der Waals surface area contributed by atoms with E-state index in [1.54, 1.807) is 18.2 Å². The molecule has 0 fully saturated rings. The van der Waals surface area contributed by atoms with Gasteiger partial charge < -0.3 is 4.74 Å². The van der Waals surface area contributed by atoms with Gasteiger partial charge in [0.25, 0.3) is 0 Å². The quantitative estimate of drug-likeness (QED) is 0.693. The van der Waals surface area contributed by atoms with Gasteiger partial charge in [0.1, 0.15) is 11.6 Å². The van der Waals surface area contributed by atoms with Crippen molar-refractivity contribution in [3.8, 4) is 0 Å². The lowest BCUT2D eigenvalue weighted by molar-refractivity contribution is -0.140. The van der Waals surface area contributed by atoms with E-state index in [4.69, 9.17) is 27.9 Å². The van der Waals surface area contributed by atoms with Crippen molar-refractivity contribution in [1.29, 1.82) is 0 Å². The van der Waals surface area contributed by atoms with Gasteiger partial charge >= 0.3 is 5.97 Å². The molecule has 2 rings (SSSR count). The first-order valence-corrected chi connectivity index (χ1v) is 6.80. The van der Waals surface area contributed by atoms with Gasteiger partial charge in [-0.1, -0.05) is 41.0 Å². The van der Waals surface area contributed by atoms with Crippen LogP contribution < -0.4 is 0 Å². The van der Waals surface area contributed by atoms with Crippen molar-refractivity contribution >= 4 is 40.9 Å². The monoisotopic (exact) mass is 317 g/mol. The molecule has 1 N–H and O–H groups in total. The van der Waals surface area contributed by atoms with Crippen LogP contribution in [-0.4, -0.2) is 28.3 Å². The summed E-state index contributed by atoms with van der Waals surface area (Å²) in [5.74, 6) is -0.403. The largest absolute Gasteiger partial charge is 0.468 e. The van der Waals surface area contributed by atoms with E-state index in [-0.39, 0.29) is 0 Å². The molecule has 0 unspecified atom stereocenters. The van der Waals surface area contributed by atoms with Crippen LogP contribution in [-0.2, 0) is 9.53 Å². The second-order valence-corrected chi connectivity index (χ2v) is 5.39. The fraction of sp³-hybridized carbons (Fsp3) is 0.182. The lowest BCUT2D eigenvalue weighted by Crippen LogP contribution is -2.11. The van der Waals surface area contributed by atoms with Gasteiger partial charge in [0.2, 0.25) is 0 Å². The standard InChI is InChI=1S/C11H9Cl2N3O2S/c1-18-10(17)9(19-11-14-5-15-16-11)6-2-3-7(12)8(13)4-6/h2-5,9H,1H3,(H,14,15,16)/t9-/m1/s1. The van der Waals surface area contributed by atoms with E-state index < -0.39 is 11.2 Å². The molecule has 19 heavy (non-hydrogen) atoms. The van der Waals surface area contributed by atoms with Crippen LogP contribution in [0.25, 0.3) is 0 Å². The number of benzene rings is 1. The van der Waals surface area contributed by atoms with Gasteiger partial charge in [-0.15, -0.1) is 0 Å². The third kappa shape index (κ3) is 3.40. The van der Waals surface area contributed by atoms with Crippen LogP contribution in [0.1, 0.15) is 10.8 Å². The van der Waals surface area contributed by atoms with Gasteiger partial charge in [-0.05, 0) is 17.7 Å². The lowest BCUT2D eigenvalue weighted by Gasteiger charge is -2.13. The number of rotatable bonds is 4. The molecule has 1 aromatic heterocycles. The van der Waals surface area contributed by atoms with Crippen LogP contribution in [0.5, 0.6) is 0 Å². The molecular weight excluding hydrogens is 309 g/mol. The summed E-state index contributed by atoms with van der Waals surface area (Å²) >= 11 is 13.0. The summed E-state index contributed by atoms with van der Waals surface area (Å²) in [5, 5.41) is 7.14. The minimum Gasteiger partial charge on any atom is -0.468 e. The van der Waals surface area contributed by atoms with Gasteiger partial charge in [-0.25, -0.2) is 4.98 Å². The summed E-state index contributed by atoms with van der Waals surface area (Å²) in [5.41, 5.74) is 0.683. The number of esters is 1. The number of carbonyl (C=O) groups excluding carboxylic acids is 1. The Kier molecular flexibility index (Phi) is 4.68. The van der Waals surface area contributed by atoms with Crippen LogP contribution in [0.4, 0.5) is 0 Å². The maximum Gasteiger partial charge on any atom is 0.323 e. The average Bonchev–Trinajstić information content (AvgIpc) is 2.91. The molecular formula is C11H9Cl2N3O2S. The number of H-pyrrole nitrogens is 1. The predicted octanol–water partition coefficient (Wildman–Crippen LogP) is 3.12. The number of hydrogen-bond acceptors (Lipinski definition) is 5. The van der Waals surface area contributed by atoms with Crippen molar-refractivity contribution in [2.45, 2.75) is 10.4 Å². The summed E-state index contributed by atoms with van der Waals surface area (Å²) in [6.07, 6.45) is 1.37. The Morgan fingerprint density at radius 1 is 1.42 bits per heavy atom.